The lowest BCUT2D eigenvalue weighted by molar-refractivity contribution is 0.0244. The first-order chi connectivity index (χ1) is 13.6. The van der Waals surface area contributed by atoms with Gasteiger partial charge in [-0.15, -0.1) is 0 Å². The number of carbonyl (C=O) groups is 2. The monoisotopic (exact) mass is 399 g/mol. The van der Waals surface area contributed by atoms with Crippen molar-refractivity contribution < 1.29 is 14.3 Å². The summed E-state index contributed by atoms with van der Waals surface area (Å²) in [6.07, 6.45) is 1.39. The third-order valence-corrected chi connectivity index (χ3v) is 5.03. The Balaban J connectivity index is 1.69. The summed E-state index contributed by atoms with van der Waals surface area (Å²) < 4.78 is 5.40. The number of benzene rings is 1. The summed E-state index contributed by atoms with van der Waals surface area (Å²) in [4.78, 5) is 43.7. The van der Waals surface area contributed by atoms with Crippen LogP contribution >= 0.6 is 0 Å². The Kier molecular flexibility index (Phi) is 5.96. The Labute approximate surface area is 170 Å². The largest absolute Gasteiger partial charge is 0.444 e. The number of nitrogens with one attached hydrogen (secondary N) is 1. The van der Waals surface area contributed by atoms with Crippen LogP contribution < -0.4 is 5.56 Å². The van der Waals surface area contributed by atoms with E-state index in [9.17, 15) is 14.4 Å². The van der Waals surface area contributed by atoms with Gasteiger partial charge in [-0.2, -0.15) is 0 Å². The number of para-hydroxylation sites is 1. The fourth-order valence-corrected chi connectivity index (χ4v) is 3.68. The average molecular weight is 399 g/mol. The molecular weight excluding hydrogens is 370 g/mol. The Morgan fingerprint density at radius 1 is 1.28 bits per heavy atom. The molecule has 3 rings (SSSR count). The van der Waals surface area contributed by atoms with Gasteiger partial charge < -0.3 is 19.5 Å². The molecule has 2 amide bonds. The minimum Gasteiger partial charge on any atom is -0.444 e. The molecule has 1 N–H and O–H groups in total. The topological polar surface area (TPSA) is 82.7 Å². The van der Waals surface area contributed by atoms with Crippen LogP contribution in [0.5, 0.6) is 0 Å². The molecule has 2 aromatic rings. The molecule has 0 radical (unpaired) electrons. The number of H-pyrrole nitrogens is 1. The highest BCUT2D eigenvalue weighted by atomic mass is 16.6. The minimum absolute atomic E-state index is 0.143. The lowest BCUT2D eigenvalue weighted by atomic mass is 9.97. The highest BCUT2D eigenvalue weighted by molar-refractivity contribution is 5.97. The van der Waals surface area contributed by atoms with Crippen molar-refractivity contribution >= 4 is 22.9 Å². The van der Waals surface area contributed by atoms with Gasteiger partial charge in [0.1, 0.15) is 11.2 Å². The zero-order valence-electron chi connectivity index (χ0n) is 17.5. The van der Waals surface area contributed by atoms with Crippen molar-refractivity contribution in [3.8, 4) is 0 Å². The second-order valence-corrected chi connectivity index (χ2v) is 8.72. The summed E-state index contributed by atoms with van der Waals surface area (Å²) in [6.45, 7) is 7.13. The lowest BCUT2D eigenvalue weighted by Gasteiger charge is -2.35. The van der Waals surface area contributed by atoms with Crippen molar-refractivity contribution in [1.82, 2.24) is 14.8 Å². The molecule has 7 nitrogen and oxygen atoms in total. The second kappa shape index (κ2) is 8.27. The molecule has 0 bridgehead atoms. The van der Waals surface area contributed by atoms with Crippen molar-refractivity contribution in [3.63, 3.8) is 0 Å². The summed E-state index contributed by atoms with van der Waals surface area (Å²) >= 11 is 0. The number of likely N-dealkylation sites (tertiary alicyclic amines) is 1. The number of hydrogen-bond acceptors (Lipinski definition) is 4. The number of ether oxygens (including phenoxy) is 1. The zero-order valence-corrected chi connectivity index (χ0v) is 17.5. The fraction of sp³-hybridized carbons (Fsp3) is 0.500. The van der Waals surface area contributed by atoms with Crippen LogP contribution in [0.25, 0.3) is 10.9 Å². The molecule has 1 saturated heterocycles. The van der Waals surface area contributed by atoms with Gasteiger partial charge in [-0.1, -0.05) is 18.2 Å². The van der Waals surface area contributed by atoms with E-state index in [4.69, 9.17) is 4.74 Å². The second-order valence-electron chi connectivity index (χ2n) is 8.72. The van der Waals surface area contributed by atoms with E-state index >= 15 is 0 Å². The molecule has 156 valence electrons. The minimum atomic E-state index is -0.545. The van der Waals surface area contributed by atoms with Gasteiger partial charge in [-0.3, -0.25) is 9.59 Å². The normalized spacial score (nSPS) is 17.2. The highest BCUT2D eigenvalue weighted by Crippen LogP contribution is 2.20. The number of nitrogens with zero attached hydrogens (tertiary/aromatic N) is 2. The highest BCUT2D eigenvalue weighted by Gasteiger charge is 2.28. The van der Waals surface area contributed by atoms with Gasteiger partial charge in [0, 0.05) is 32.2 Å². The van der Waals surface area contributed by atoms with Gasteiger partial charge in [-0.25, -0.2) is 4.79 Å². The van der Waals surface area contributed by atoms with Crippen molar-refractivity contribution in [3.05, 3.63) is 46.2 Å². The molecule has 1 aromatic carbocycles. The van der Waals surface area contributed by atoms with Gasteiger partial charge in [0.25, 0.3) is 11.5 Å². The Hall–Kier alpha value is -2.83. The van der Waals surface area contributed by atoms with E-state index in [1.54, 1.807) is 22.9 Å². The predicted molar refractivity (Wildman–Crippen MR) is 112 cm³/mol. The van der Waals surface area contributed by atoms with E-state index < -0.39 is 5.60 Å². The SMILES string of the molecule is CN(CC1CCCN(C(=O)c2cc3ccccc3[nH]c2=O)C1)C(=O)OC(C)(C)C. The van der Waals surface area contributed by atoms with Crippen LogP contribution in [0.4, 0.5) is 4.79 Å². The number of pyridine rings is 1. The summed E-state index contributed by atoms with van der Waals surface area (Å²) in [5.74, 6) is -0.119. The van der Waals surface area contributed by atoms with E-state index in [0.717, 1.165) is 18.2 Å². The van der Waals surface area contributed by atoms with E-state index in [1.807, 2.05) is 45.0 Å². The Morgan fingerprint density at radius 2 is 2.00 bits per heavy atom. The van der Waals surface area contributed by atoms with Gasteiger partial charge in [0.15, 0.2) is 0 Å². The third-order valence-electron chi connectivity index (χ3n) is 5.03. The summed E-state index contributed by atoms with van der Waals surface area (Å²) in [5, 5.41) is 0.827. The number of hydrogen-bond donors (Lipinski definition) is 1. The smallest absolute Gasteiger partial charge is 0.410 e. The van der Waals surface area contributed by atoms with Crippen molar-refractivity contribution in [2.24, 2.45) is 5.92 Å². The molecule has 29 heavy (non-hydrogen) atoms. The van der Waals surface area contributed by atoms with Crippen molar-refractivity contribution in [2.45, 2.75) is 39.2 Å². The number of piperidine rings is 1. The number of amides is 2. The lowest BCUT2D eigenvalue weighted by Crippen LogP contribution is -2.45. The van der Waals surface area contributed by atoms with Gasteiger partial charge in [0.2, 0.25) is 0 Å². The summed E-state index contributed by atoms with van der Waals surface area (Å²) in [7, 11) is 1.71. The first-order valence-electron chi connectivity index (χ1n) is 9.99. The molecule has 0 aliphatic carbocycles. The van der Waals surface area contributed by atoms with Crippen LogP contribution in [0.15, 0.2) is 35.1 Å². The number of aromatic amines is 1. The zero-order chi connectivity index (χ0) is 21.2. The van der Waals surface area contributed by atoms with Crippen LogP contribution in [0.2, 0.25) is 0 Å². The number of carbonyl (C=O) groups excluding carboxylic acids is 2. The molecule has 1 atom stereocenters. The summed E-state index contributed by atoms with van der Waals surface area (Å²) in [6, 6.07) is 9.06. The molecule has 1 fully saturated rings. The standard InChI is InChI=1S/C22H29N3O4/c1-22(2,3)29-21(28)24(4)13-15-8-7-11-25(14-15)20(27)17-12-16-9-5-6-10-18(16)23-19(17)26/h5-6,9-10,12,15H,7-8,11,13-14H2,1-4H3,(H,23,26). The Bertz CT molecular complexity index is 960. The maximum atomic E-state index is 13.0. The molecule has 0 spiro atoms. The van der Waals surface area contributed by atoms with Crippen LogP contribution in [0.3, 0.4) is 0 Å². The van der Waals surface area contributed by atoms with Gasteiger partial charge in [0.05, 0.1) is 0 Å². The first kappa shape index (κ1) is 20.9. The molecule has 7 heteroatoms. The number of rotatable bonds is 3. The predicted octanol–water partition coefficient (Wildman–Crippen LogP) is 3.25. The van der Waals surface area contributed by atoms with E-state index in [0.29, 0.717) is 25.2 Å². The molecule has 1 aliphatic heterocycles. The van der Waals surface area contributed by atoms with Crippen molar-refractivity contribution in [1.29, 1.82) is 0 Å². The number of fused-ring (bicyclic) bond motifs is 1. The molecule has 2 heterocycles. The van der Waals surface area contributed by atoms with Crippen LogP contribution in [0, 0.1) is 5.92 Å². The maximum absolute atomic E-state index is 13.0. The molecule has 1 aromatic heterocycles. The molecule has 1 aliphatic rings. The molecule has 0 saturated carbocycles. The van der Waals surface area contributed by atoms with Crippen LogP contribution in [-0.4, -0.2) is 59.1 Å². The summed E-state index contributed by atoms with van der Waals surface area (Å²) in [5.41, 5.74) is -0.0482. The quantitative estimate of drug-likeness (QED) is 0.859. The maximum Gasteiger partial charge on any atom is 0.410 e. The first-order valence-corrected chi connectivity index (χ1v) is 9.99. The van der Waals surface area contributed by atoms with E-state index in [-0.39, 0.29) is 29.0 Å². The molecule has 1 unspecified atom stereocenters. The average Bonchev–Trinajstić information content (AvgIpc) is 2.65. The van der Waals surface area contributed by atoms with Crippen LogP contribution in [-0.2, 0) is 4.74 Å². The van der Waals surface area contributed by atoms with Crippen molar-refractivity contribution in [2.75, 3.05) is 26.7 Å². The van der Waals surface area contributed by atoms with Gasteiger partial charge >= 0.3 is 6.09 Å². The number of aromatic nitrogens is 1. The van der Waals surface area contributed by atoms with E-state index in [2.05, 4.69) is 4.98 Å². The van der Waals surface area contributed by atoms with E-state index in [1.165, 1.54) is 0 Å². The van der Waals surface area contributed by atoms with Crippen LogP contribution in [0.1, 0.15) is 44.0 Å². The fourth-order valence-electron chi connectivity index (χ4n) is 3.68. The Morgan fingerprint density at radius 3 is 2.72 bits per heavy atom. The third kappa shape index (κ3) is 5.16. The molecular formula is C22H29N3O4. The van der Waals surface area contributed by atoms with Gasteiger partial charge in [-0.05, 0) is 57.0 Å².